The van der Waals surface area contributed by atoms with Crippen molar-refractivity contribution in [2.45, 2.75) is 20.8 Å². The normalized spacial score (nSPS) is 10.5. The fourth-order valence-corrected chi connectivity index (χ4v) is 8.02. The van der Waals surface area contributed by atoms with Gasteiger partial charge in [0, 0.05) is 0 Å². The predicted octanol–water partition coefficient (Wildman–Crippen LogP) is 4.18. The predicted molar refractivity (Wildman–Crippen MR) is 65.8 cm³/mol. The van der Waals surface area contributed by atoms with E-state index in [4.69, 9.17) is 0 Å². The van der Waals surface area contributed by atoms with E-state index >= 15 is 0 Å². The van der Waals surface area contributed by atoms with E-state index in [0.29, 0.717) is 0 Å². The molecule has 0 aromatic carbocycles. The second-order valence-electron chi connectivity index (χ2n) is 3.23. The molecule has 13 heavy (non-hydrogen) atoms. The molecule has 0 N–H and O–H groups in total. The third-order valence-corrected chi connectivity index (χ3v) is 10.7. The van der Waals surface area contributed by atoms with Crippen LogP contribution in [0.4, 0.5) is 0 Å². The molecule has 0 unspecified atom stereocenters. The molecule has 72 valence electrons. The van der Waals surface area contributed by atoms with Gasteiger partial charge in [0.2, 0.25) is 0 Å². The van der Waals surface area contributed by atoms with Crippen molar-refractivity contribution in [3.63, 3.8) is 0 Å². The number of allylic oxidation sites excluding steroid dienone is 4. The van der Waals surface area contributed by atoms with Crippen LogP contribution in [-0.4, -0.2) is 13.6 Å². The van der Waals surface area contributed by atoms with E-state index in [-0.39, 0.29) is 0 Å². The van der Waals surface area contributed by atoms with E-state index in [2.05, 4.69) is 26.3 Å². The summed E-state index contributed by atoms with van der Waals surface area (Å²) in [4.78, 5) is 0. The molecule has 0 rings (SSSR count). The maximum absolute atomic E-state index is 3.83. The monoisotopic (exact) mass is 239 g/mol. The van der Waals surface area contributed by atoms with Crippen LogP contribution >= 0.6 is 0 Å². The van der Waals surface area contributed by atoms with E-state index in [1.54, 1.807) is 0 Å². The number of hydrogen-bond acceptors (Lipinski definition) is 0. The van der Waals surface area contributed by atoms with E-state index < -0.39 is 13.6 Å². The average molecular weight is 239 g/mol. The van der Waals surface area contributed by atoms with Gasteiger partial charge in [-0.3, -0.25) is 0 Å². The first kappa shape index (κ1) is 12.5. The molecule has 0 heterocycles. The van der Waals surface area contributed by atoms with Crippen LogP contribution < -0.4 is 0 Å². The van der Waals surface area contributed by atoms with Crippen molar-refractivity contribution in [3.05, 3.63) is 50.6 Å². The van der Waals surface area contributed by atoms with Gasteiger partial charge >= 0.3 is 85.0 Å². The Morgan fingerprint density at radius 3 is 1.00 bits per heavy atom. The Bertz CT molecular complexity index is 146. The zero-order chi connectivity index (χ0) is 10.2. The van der Waals surface area contributed by atoms with E-state index in [1.165, 1.54) is 20.8 Å². The molecule has 0 atom stereocenters. The van der Waals surface area contributed by atoms with Crippen molar-refractivity contribution in [2.24, 2.45) is 0 Å². The molecule has 0 aliphatic carbocycles. The molecular weight excluding hydrogens is 219 g/mol. The average Bonchev–Trinajstić information content (AvgIpc) is 2.06. The quantitative estimate of drug-likeness (QED) is 0.440. The molecule has 0 nitrogen and oxygen atoms in total. The summed E-state index contributed by atoms with van der Waals surface area (Å²) in [5.41, 5.74) is 0. The zero-order valence-corrected chi connectivity index (χ0v) is 10.3. The van der Waals surface area contributed by atoms with Crippen LogP contribution in [-0.2, 0) is 0 Å². The van der Waals surface area contributed by atoms with Gasteiger partial charge in [0.25, 0.3) is 0 Å². The molecule has 0 radical (unpaired) electrons. The summed E-state index contributed by atoms with van der Waals surface area (Å²) in [7, 11) is 0. The Labute approximate surface area is 85.2 Å². The third kappa shape index (κ3) is 4.33. The Hall–Kier alpha value is -0.482. The molecule has 0 aromatic heterocycles. The summed E-state index contributed by atoms with van der Waals surface area (Å²) in [6.07, 6.45) is 8.18. The molecule has 0 amide bonds. The van der Waals surface area contributed by atoms with Gasteiger partial charge in [-0.25, -0.2) is 0 Å². The van der Waals surface area contributed by atoms with Gasteiger partial charge in [-0.15, -0.1) is 0 Å². The molecule has 0 aliphatic rings. The summed E-state index contributed by atoms with van der Waals surface area (Å²) in [5, 5.41) is 4.68. The molecule has 0 aliphatic heterocycles. The Balaban J connectivity index is 4.53. The van der Waals surface area contributed by atoms with E-state index in [1.807, 2.05) is 24.3 Å². The van der Waals surface area contributed by atoms with Gasteiger partial charge in [0.05, 0.1) is 0 Å². The van der Waals surface area contributed by atoms with Crippen LogP contribution in [0.5, 0.6) is 0 Å². The molecule has 0 bridgehead atoms. The molecule has 0 saturated heterocycles. The second-order valence-corrected chi connectivity index (χ2v) is 11.9. The molecule has 0 fully saturated rings. The molecular formula is C12H20As+. The van der Waals surface area contributed by atoms with Crippen molar-refractivity contribution < 1.29 is 0 Å². The van der Waals surface area contributed by atoms with Crippen LogP contribution in [0.1, 0.15) is 0 Å². The summed E-state index contributed by atoms with van der Waals surface area (Å²) >= 11 is -1.62. The van der Waals surface area contributed by atoms with Crippen LogP contribution in [0.25, 0.3) is 0 Å². The maximum atomic E-state index is 3.83. The van der Waals surface area contributed by atoms with Crippen molar-refractivity contribution in [3.8, 4) is 0 Å². The van der Waals surface area contributed by atoms with Crippen molar-refractivity contribution in [2.75, 3.05) is 0 Å². The minimum absolute atomic E-state index is 1.17. The topological polar surface area (TPSA) is 0 Å². The fourth-order valence-electron chi connectivity index (χ4n) is 1.54. The first-order valence-electron chi connectivity index (χ1n) is 4.53. The van der Waals surface area contributed by atoms with Gasteiger partial charge in [0.15, 0.2) is 0 Å². The van der Waals surface area contributed by atoms with Gasteiger partial charge in [0.1, 0.15) is 0 Å². The summed E-state index contributed by atoms with van der Waals surface area (Å²) in [6, 6.07) is 0. The van der Waals surface area contributed by atoms with E-state index in [9.17, 15) is 0 Å². The molecule has 1 heteroatoms. The van der Waals surface area contributed by atoms with Crippen molar-refractivity contribution >= 4 is 13.6 Å². The van der Waals surface area contributed by atoms with Crippen molar-refractivity contribution in [1.29, 1.82) is 0 Å². The summed E-state index contributed by atoms with van der Waals surface area (Å²) < 4.78 is 0. The fraction of sp³-hybridized carbons (Fsp3) is 0.333. The van der Waals surface area contributed by atoms with Crippen LogP contribution in [0.2, 0.25) is 20.8 Å². The SMILES string of the molecule is C=CC[As+](CC=C)(CC=C)CC=C. The minimum atomic E-state index is -1.62. The van der Waals surface area contributed by atoms with E-state index in [0.717, 1.165) is 0 Å². The van der Waals surface area contributed by atoms with Gasteiger partial charge in [-0.05, 0) is 0 Å². The third-order valence-electron chi connectivity index (χ3n) is 2.07. The number of rotatable bonds is 8. The molecule has 0 aromatic rings. The zero-order valence-electron chi connectivity index (χ0n) is 8.41. The van der Waals surface area contributed by atoms with Gasteiger partial charge in [-0.2, -0.15) is 0 Å². The summed E-state index contributed by atoms with van der Waals surface area (Å²) in [6.45, 7) is 15.3. The van der Waals surface area contributed by atoms with Gasteiger partial charge in [-0.1, -0.05) is 0 Å². The standard InChI is InChI=1S/C12H20As/c1-5-9-13(10-6-2,11-7-3)12-8-4/h5-8H,1-4,9-12H2/q+1. The van der Waals surface area contributed by atoms with Crippen LogP contribution in [0, 0.1) is 0 Å². The number of hydrogen-bond donors (Lipinski definition) is 0. The van der Waals surface area contributed by atoms with Crippen molar-refractivity contribution in [1.82, 2.24) is 0 Å². The molecule has 0 spiro atoms. The van der Waals surface area contributed by atoms with Gasteiger partial charge < -0.3 is 0 Å². The molecule has 0 saturated carbocycles. The Morgan fingerprint density at radius 2 is 0.846 bits per heavy atom. The second kappa shape index (κ2) is 6.97. The summed E-state index contributed by atoms with van der Waals surface area (Å²) in [5.74, 6) is 0. The Kier molecular flexibility index (Phi) is 6.72. The van der Waals surface area contributed by atoms with Crippen LogP contribution in [0.3, 0.4) is 0 Å². The van der Waals surface area contributed by atoms with Crippen LogP contribution in [0.15, 0.2) is 50.6 Å². The first-order valence-corrected chi connectivity index (χ1v) is 9.84. The first-order chi connectivity index (χ1) is 6.24. The Morgan fingerprint density at radius 1 is 0.615 bits per heavy atom.